The topological polar surface area (TPSA) is 245 Å². The van der Waals surface area contributed by atoms with Gasteiger partial charge in [0.25, 0.3) is 0 Å². The van der Waals surface area contributed by atoms with E-state index in [1.807, 2.05) is 6.92 Å². The number of allylic oxidation sites excluding steroid dienone is 3. The van der Waals surface area contributed by atoms with Crippen LogP contribution in [-0.4, -0.2) is 135 Å². The Kier molecular flexibility index (Phi) is 9.98. The number of ether oxygens (including phenoxy) is 6. The summed E-state index contributed by atoms with van der Waals surface area (Å²) in [5.41, 5.74) is -4.52. The summed E-state index contributed by atoms with van der Waals surface area (Å²) in [5, 5.41) is 65.2. The second kappa shape index (κ2) is 13.5. The van der Waals surface area contributed by atoms with Crippen molar-refractivity contribution in [2.24, 2.45) is 34.5 Å². The zero-order chi connectivity index (χ0) is 37.4. The normalized spacial score (nSPS) is 46.9. The molecule has 0 radical (unpaired) electrons. The van der Waals surface area contributed by atoms with Crippen LogP contribution >= 0.6 is 0 Å². The highest BCUT2D eigenvalue weighted by molar-refractivity contribution is 5.97. The first-order valence-electron chi connectivity index (χ1n) is 17.5. The number of aliphatic hydroxyl groups excluding tert-OH is 6. The maximum absolute atomic E-state index is 14.1. The molecule has 51 heavy (non-hydrogen) atoms. The first-order chi connectivity index (χ1) is 24.0. The summed E-state index contributed by atoms with van der Waals surface area (Å²) in [6.07, 6.45) is -11.0. The second-order valence-electron chi connectivity index (χ2n) is 15.3. The number of carbonyl (C=O) groups is 4. The van der Waals surface area contributed by atoms with E-state index >= 15 is 0 Å². The van der Waals surface area contributed by atoms with Crippen LogP contribution in [0.2, 0.25) is 0 Å². The van der Waals surface area contributed by atoms with Gasteiger partial charge in [0.2, 0.25) is 18.0 Å². The van der Waals surface area contributed by atoms with Crippen molar-refractivity contribution in [2.45, 2.75) is 115 Å². The first-order valence-corrected chi connectivity index (χ1v) is 17.5. The highest BCUT2D eigenvalue weighted by Gasteiger charge is 2.85. The number of carbonyl (C=O) groups excluding carboxylic acids is 4. The lowest BCUT2D eigenvalue weighted by Gasteiger charge is -2.67. The van der Waals surface area contributed by atoms with Gasteiger partial charge in [0, 0.05) is 23.3 Å². The van der Waals surface area contributed by atoms with Gasteiger partial charge in [0.15, 0.2) is 11.5 Å². The lowest BCUT2D eigenvalue weighted by atomic mass is 9.38. The van der Waals surface area contributed by atoms with E-state index in [9.17, 15) is 49.8 Å². The number of hydrogen-bond acceptors (Lipinski definition) is 16. The fraction of sp³-hybridized carbons (Fsp3) is 0.771. The van der Waals surface area contributed by atoms with E-state index in [-0.39, 0.29) is 25.4 Å². The molecule has 0 aromatic carbocycles. The Labute approximate surface area is 294 Å². The van der Waals surface area contributed by atoms with Gasteiger partial charge in [-0.05, 0) is 44.1 Å². The Hall–Kier alpha value is -2.96. The van der Waals surface area contributed by atoms with Crippen LogP contribution in [0.3, 0.4) is 0 Å². The smallest absolute Gasteiger partial charge is 0.348 e. The quantitative estimate of drug-likeness (QED) is 0.0708. The molecule has 3 aliphatic carbocycles. The maximum atomic E-state index is 14.1. The van der Waals surface area contributed by atoms with E-state index in [0.29, 0.717) is 18.4 Å². The molecule has 3 heterocycles. The molecule has 6 N–H and O–H groups in total. The van der Waals surface area contributed by atoms with E-state index in [4.69, 9.17) is 28.4 Å². The van der Waals surface area contributed by atoms with Gasteiger partial charge in [-0.25, -0.2) is 14.4 Å². The number of Topliss-reactive ketones (excluding diaryl/α,β-unsaturated/α-hetero) is 1. The maximum Gasteiger partial charge on any atom is 0.348 e. The molecule has 3 saturated heterocycles. The Morgan fingerprint density at radius 1 is 1.04 bits per heavy atom. The van der Waals surface area contributed by atoms with Gasteiger partial charge in [0.05, 0.1) is 31.8 Å². The fourth-order valence-corrected chi connectivity index (χ4v) is 9.83. The minimum atomic E-state index is -2.34. The summed E-state index contributed by atoms with van der Waals surface area (Å²) >= 11 is 0. The summed E-state index contributed by atoms with van der Waals surface area (Å²) in [6, 6.07) is 0. The van der Waals surface area contributed by atoms with Crippen molar-refractivity contribution >= 4 is 23.7 Å². The molecule has 6 aliphatic rings. The third-order valence-corrected chi connectivity index (χ3v) is 12.1. The number of fused-ring (bicyclic) bond motifs is 2. The van der Waals surface area contributed by atoms with Gasteiger partial charge in [0.1, 0.15) is 36.6 Å². The van der Waals surface area contributed by atoms with E-state index < -0.39 is 126 Å². The molecular weight excluding hydrogens is 676 g/mol. The number of ketones is 1. The van der Waals surface area contributed by atoms with Gasteiger partial charge >= 0.3 is 17.9 Å². The van der Waals surface area contributed by atoms with Gasteiger partial charge in [-0.1, -0.05) is 32.8 Å². The van der Waals surface area contributed by atoms with Crippen molar-refractivity contribution in [3.63, 3.8) is 0 Å². The minimum absolute atomic E-state index is 0.0384. The SMILES string of the molecule is CCCCOC(=O)C12OCC34C(CC5C(C)C(=O)C(OC6OC(CO)C(O)C(O)C6O)=CC5(C)C3C(O)C1O)OC(=O)C(OC(=O)C=C(C)C)C24. The average Bonchev–Trinajstić information content (AvgIpc) is 3.38. The van der Waals surface area contributed by atoms with Crippen molar-refractivity contribution in [2.75, 3.05) is 19.8 Å². The van der Waals surface area contributed by atoms with Crippen molar-refractivity contribution < 1.29 is 78.2 Å². The average molecular weight is 725 g/mol. The van der Waals surface area contributed by atoms with Crippen LogP contribution in [0.5, 0.6) is 0 Å². The van der Waals surface area contributed by atoms with Crippen LogP contribution < -0.4 is 0 Å². The molecule has 16 nitrogen and oxygen atoms in total. The van der Waals surface area contributed by atoms with Crippen molar-refractivity contribution in [3.05, 3.63) is 23.5 Å². The molecule has 16 heteroatoms. The third-order valence-electron chi connectivity index (χ3n) is 12.1. The number of rotatable bonds is 9. The molecule has 5 fully saturated rings. The summed E-state index contributed by atoms with van der Waals surface area (Å²) in [6.45, 7) is 7.43. The Morgan fingerprint density at radius 3 is 2.39 bits per heavy atom. The fourth-order valence-electron chi connectivity index (χ4n) is 9.83. The van der Waals surface area contributed by atoms with Gasteiger partial charge in [-0.3, -0.25) is 4.79 Å². The van der Waals surface area contributed by atoms with Crippen LogP contribution in [0.4, 0.5) is 0 Å². The number of aliphatic hydroxyl groups is 6. The van der Waals surface area contributed by atoms with Crippen LogP contribution in [0.25, 0.3) is 0 Å². The molecule has 6 rings (SSSR count). The Morgan fingerprint density at radius 2 is 1.75 bits per heavy atom. The number of unbranched alkanes of at least 4 members (excludes halogenated alkanes) is 1. The van der Waals surface area contributed by atoms with E-state index in [2.05, 4.69) is 0 Å². The Bertz CT molecular complexity index is 1490. The van der Waals surface area contributed by atoms with Crippen LogP contribution in [0.15, 0.2) is 23.5 Å². The third kappa shape index (κ3) is 5.47. The molecule has 0 aromatic rings. The first kappa shape index (κ1) is 37.8. The van der Waals surface area contributed by atoms with Crippen LogP contribution in [0.1, 0.15) is 53.9 Å². The molecule has 16 unspecified atom stereocenters. The van der Waals surface area contributed by atoms with Gasteiger partial charge < -0.3 is 59.1 Å². The van der Waals surface area contributed by atoms with E-state index in [1.165, 1.54) is 6.08 Å². The predicted molar refractivity (Wildman–Crippen MR) is 168 cm³/mol. The zero-order valence-corrected chi connectivity index (χ0v) is 29.2. The van der Waals surface area contributed by atoms with Crippen LogP contribution in [-0.2, 0) is 47.6 Å². The molecule has 0 amide bonds. The summed E-state index contributed by atoms with van der Waals surface area (Å²) < 4.78 is 35.0. The lowest BCUT2D eigenvalue weighted by molar-refractivity contribution is -0.296. The van der Waals surface area contributed by atoms with E-state index in [0.717, 1.165) is 6.08 Å². The molecule has 2 bridgehead atoms. The molecule has 1 spiro atoms. The highest BCUT2D eigenvalue weighted by atomic mass is 16.7. The monoisotopic (exact) mass is 724 g/mol. The number of esters is 3. The summed E-state index contributed by atoms with van der Waals surface area (Å²) in [7, 11) is 0. The predicted octanol–water partition coefficient (Wildman–Crippen LogP) is -1.20. The molecule has 284 valence electrons. The largest absolute Gasteiger partial charge is 0.463 e. The minimum Gasteiger partial charge on any atom is -0.463 e. The lowest BCUT2D eigenvalue weighted by Crippen LogP contribution is -2.79. The van der Waals surface area contributed by atoms with Crippen molar-refractivity contribution in [1.29, 1.82) is 0 Å². The Balaban J connectivity index is 1.48. The number of hydrogen-bond donors (Lipinski definition) is 6. The van der Waals surface area contributed by atoms with Crippen LogP contribution in [0, 0.1) is 34.5 Å². The standard InChI is InChI=1S/C35H48O16/c1-6-7-8-46-32(45)35-28-26(51-20(37)9-14(2)3)30(44)50-19-10-16-15(4)21(38)17(48-31-24(41)23(40)22(39)18(12-36)49-31)11-33(16,5)27(25(42)29(35)43)34(19,28)13-47-35/h9,11,15-16,18-19,22-29,31,36,39-43H,6-8,10,12-13H2,1-5H3. The molecule has 3 aliphatic heterocycles. The van der Waals surface area contributed by atoms with Crippen molar-refractivity contribution in [3.8, 4) is 0 Å². The second-order valence-corrected chi connectivity index (χ2v) is 15.3. The van der Waals surface area contributed by atoms with Crippen molar-refractivity contribution in [1.82, 2.24) is 0 Å². The molecule has 2 saturated carbocycles. The molecule has 0 aromatic heterocycles. The highest BCUT2D eigenvalue weighted by Crippen LogP contribution is 2.72. The summed E-state index contributed by atoms with van der Waals surface area (Å²) in [5.74, 6) is -7.77. The molecule has 16 atom stereocenters. The van der Waals surface area contributed by atoms with Gasteiger partial charge in [-0.2, -0.15) is 0 Å². The zero-order valence-electron chi connectivity index (χ0n) is 29.2. The summed E-state index contributed by atoms with van der Waals surface area (Å²) in [4.78, 5) is 54.8. The molecular formula is C35H48O16. The van der Waals surface area contributed by atoms with Gasteiger partial charge in [-0.15, -0.1) is 0 Å². The van der Waals surface area contributed by atoms with E-state index in [1.54, 1.807) is 27.7 Å².